The van der Waals surface area contributed by atoms with Gasteiger partial charge in [-0.2, -0.15) is 0 Å². The lowest BCUT2D eigenvalue weighted by molar-refractivity contribution is 0.624. The van der Waals surface area contributed by atoms with Crippen molar-refractivity contribution in [3.63, 3.8) is 0 Å². The van der Waals surface area contributed by atoms with Gasteiger partial charge in [0.1, 0.15) is 5.82 Å². The Morgan fingerprint density at radius 2 is 2.28 bits per heavy atom. The highest BCUT2D eigenvalue weighted by Crippen LogP contribution is 2.23. The highest BCUT2D eigenvalue weighted by molar-refractivity contribution is 6.32. The van der Waals surface area contributed by atoms with Crippen LogP contribution in [0.3, 0.4) is 0 Å². The average Bonchev–Trinajstić information content (AvgIpc) is 3.06. The van der Waals surface area contributed by atoms with E-state index >= 15 is 0 Å². The van der Waals surface area contributed by atoms with Crippen LogP contribution in [0, 0.1) is 5.82 Å². The predicted octanol–water partition coefficient (Wildman–Crippen LogP) is 2.31. The summed E-state index contributed by atoms with van der Waals surface area (Å²) in [7, 11) is 0. The van der Waals surface area contributed by atoms with Gasteiger partial charge >= 0.3 is 0 Å². The fourth-order valence-corrected chi connectivity index (χ4v) is 2.02. The average molecular weight is 267 g/mol. The summed E-state index contributed by atoms with van der Waals surface area (Å²) in [6.45, 7) is 0.686. The lowest BCUT2D eigenvalue weighted by Crippen LogP contribution is -2.18. The Balaban J connectivity index is 1.88. The van der Waals surface area contributed by atoms with Gasteiger partial charge in [0, 0.05) is 12.6 Å². The maximum Gasteiger partial charge on any atom is 0.124 e. The molecule has 0 unspecified atom stereocenters. The van der Waals surface area contributed by atoms with E-state index in [1.807, 2.05) is 0 Å². The smallest absolute Gasteiger partial charge is 0.124 e. The van der Waals surface area contributed by atoms with Crippen LogP contribution in [0.15, 0.2) is 24.4 Å². The SMILES string of the molecule is Fc1ccc(-n2nncc2CNC2CC2)c(Cl)c1. The first-order valence-corrected chi connectivity index (χ1v) is 6.20. The van der Waals surface area contributed by atoms with Crippen LogP contribution in [0.25, 0.3) is 5.69 Å². The molecular formula is C12H12ClFN4. The molecule has 0 atom stereocenters. The van der Waals surface area contributed by atoms with Crippen LogP contribution >= 0.6 is 11.6 Å². The third-order valence-electron chi connectivity index (χ3n) is 2.91. The van der Waals surface area contributed by atoms with Gasteiger partial charge in [-0.05, 0) is 31.0 Å². The second-order valence-corrected chi connectivity index (χ2v) is 4.80. The summed E-state index contributed by atoms with van der Waals surface area (Å²) < 4.78 is 14.6. The van der Waals surface area contributed by atoms with Crippen molar-refractivity contribution in [3.8, 4) is 5.69 Å². The first-order valence-electron chi connectivity index (χ1n) is 5.82. The van der Waals surface area contributed by atoms with Crippen molar-refractivity contribution in [1.29, 1.82) is 0 Å². The number of hydrogen-bond acceptors (Lipinski definition) is 3. The Bertz CT molecular complexity index is 565. The summed E-state index contributed by atoms with van der Waals surface area (Å²) in [5.74, 6) is -0.360. The third-order valence-corrected chi connectivity index (χ3v) is 3.21. The Hall–Kier alpha value is -1.46. The monoisotopic (exact) mass is 266 g/mol. The second kappa shape index (κ2) is 4.66. The quantitative estimate of drug-likeness (QED) is 0.923. The zero-order valence-corrected chi connectivity index (χ0v) is 10.4. The molecule has 1 aliphatic rings. The molecule has 1 aromatic carbocycles. The predicted molar refractivity (Wildman–Crippen MR) is 66.2 cm³/mol. The molecule has 0 bridgehead atoms. The van der Waals surface area contributed by atoms with E-state index in [-0.39, 0.29) is 5.82 Å². The lowest BCUT2D eigenvalue weighted by Gasteiger charge is -2.08. The highest BCUT2D eigenvalue weighted by atomic mass is 35.5. The molecule has 1 aromatic heterocycles. The molecule has 4 nitrogen and oxygen atoms in total. The standard InChI is InChI=1S/C12H12ClFN4/c13-11-5-8(14)1-4-12(11)18-10(7-16-17-18)6-15-9-2-3-9/h1,4-5,7,9,15H,2-3,6H2. The topological polar surface area (TPSA) is 42.7 Å². The van der Waals surface area contributed by atoms with E-state index in [1.165, 1.54) is 25.0 Å². The van der Waals surface area contributed by atoms with E-state index in [0.29, 0.717) is 23.3 Å². The number of halogens is 2. The van der Waals surface area contributed by atoms with Gasteiger partial charge in [0.2, 0.25) is 0 Å². The van der Waals surface area contributed by atoms with Crippen LogP contribution in [0.5, 0.6) is 0 Å². The minimum absolute atomic E-state index is 0.327. The minimum atomic E-state index is -0.360. The van der Waals surface area contributed by atoms with Crippen LogP contribution in [0.2, 0.25) is 5.02 Å². The van der Waals surface area contributed by atoms with Gasteiger partial charge in [-0.15, -0.1) is 5.10 Å². The molecular weight excluding hydrogens is 255 g/mol. The van der Waals surface area contributed by atoms with E-state index in [1.54, 1.807) is 16.9 Å². The van der Waals surface area contributed by atoms with Gasteiger partial charge in [-0.3, -0.25) is 0 Å². The Morgan fingerprint density at radius 1 is 1.44 bits per heavy atom. The molecule has 0 spiro atoms. The van der Waals surface area contributed by atoms with Gasteiger partial charge in [0.25, 0.3) is 0 Å². The van der Waals surface area contributed by atoms with E-state index in [9.17, 15) is 4.39 Å². The van der Waals surface area contributed by atoms with Gasteiger partial charge in [0.15, 0.2) is 0 Å². The summed E-state index contributed by atoms with van der Waals surface area (Å²) in [5, 5.41) is 11.6. The first kappa shape index (κ1) is 11.6. The molecule has 18 heavy (non-hydrogen) atoms. The zero-order valence-electron chi connectivity index (χ0n) is 9.61. The van der Waals surface area contributed by atoms with Crippen LogP contribution in [0.4, 0.5) is 4.39 Å². The first-order chi connectivity index (χ1) is 8.74. The van der Waals surface area contributed by atoms with Gasteiger partial charge < -0.3 is 5.32 Å². The molecule has 3 rings (SSSR count). The highest BCUT2D eigenvalue weighted by Gasteiger charge is 2.21. The molecule has 94 valence electrons. The molecule has 2 aromatic rings. The summed E-state index contributed by atoms with van der Waals surface area (Å²) in [5.41, 5.74) is 1.55. The molecule has 1 aliphatic carbocycles. The molecule has 1 heterocycles. The van der Waals surface area contributed by atoms with Gasteiger partial charge in [0.05, 0.1) is 22.6 Å². The van der Waals surface area contributed by atoms with Crippen molar-refractivity contribution < 1.29 is 4.39 Å². The molecule has 0 aliphatic heterocycles. The fourth-order valence-electron chi connectivity index (χ4n) is 1.77. The van der Waals surface area contributed by atoms with Crippen molar-refractivity contribution in [2.75, 3.05) is 0 Å². The molecule has 1 N–H and O–H groups in total. The summed E-state index contributed by atoms with van der Waals surface area (Å²) in [4.78, 5) is 0. The third kappa shape index (κ3) is 2.37. The van der Waals surface area contributed by atoms with Gasteiger partial charge in [-0.1, -0.05) is 16.8 Å². The Kier molecular flexibility index (Phi) is 3.01. The number of hydrogen-bond donors (Lipinski definition) is 1. The van der Waals surface area contributed by atoms with Crippen molar-refractivity contribution in [1.82, 2.24) is 20.3 Å². The molecule has 0 saturated heterocycles. The fraction of sp³-hybridized carbons (Fsp3) is 0.333. The summed E-state index contributed by atoms with van der Waals surface area (Å²) in [6.07, 6.45) is 4.13. The van der Waals surface area contributed by atoms with Crippen LogP contribution < -0.4 is 5.32 Å². The van der Waals surface area contributed by atoms with Crippen molar-refractivity contribution in [2.45, 2.75) is 25.4 Å². The van der Waals surface area contributed by atoms with E-state index in [0.717, 1.165) is 5.69 Å². The maximum atomic E-state index is 13.0. The molecule has 1 fully saturated rings. The molecule has 6 heteroatoms. The largest absolute Gasteiger partial charge is 0.308 e. The van der Waals surface area contributed by atoms with Crippen LogP contribution in [0.1, 0.15) is 18.5 Å². The van der Waals surface area contributed by atoms with Crippen molar-refractivity contribution >= 4 is 11.6 Å². The minimum Gasteiger partial charge on any atom is -0.308 e. The second-order valence-electron chi connectivity index (χ2n) is 4.39. The number of benzene rings is 1. The number of rotatable bonds is 4. The number of nitrogens with one attached hydrogen (secondary N) is 1. The molecule has 0 radical (unpaired) electrons. The maximum absolute atomic E-state index is 13.0. The lowest BCUT2D eigenvalue weighted by atomic mass is 10.3. The van der Waals surface area contributed by atoms with E-state index in [2.05, 4.69) is 15.6 Å². The zero-order chi connectivity index (χ0) is 12.5. The Labute approximate surface area is 109 Å². The normalized spacial score (nSPS) is 15.0. The number of nitrogens with zero attached hydrogens (tertiary/aromatic N) is 3. The van der Waals surface area contributed by atoms with Crippen LogP contribution in [-0.2, 0) is 6.54 Å². The van der Waals surface area contributed by atoms with Crippen molar-refractivity contribution in [2.24, 2.45) is 0 Å². The van der Waals surface area contributed by atoms with Crippen LogP contribution in [-0.4, -0.2) is 21.0 Å². The summed E-state index contributed by atoms with van der Waals surface area (Å²) in [6, 6.07) is 4.85. The Morgan fingerprint density at radius 3 is 3.00 bits per heavy atom. The molecule has 0 amide bonds. The summed E-state index contributed by atoms with van der Waals surface area (Å²) >= 11 is 6.02. The van der Waals surface area contributed by atoms with E-state index < -0.39 is 0 Å². The van der Waals surface area contributed by atoms with Crippen molar-refractivity contribution in [3.05, 3.63) is 40.9 Å². The molecule has 1 saturated carbocycles. The van der Waals surface area contributed by atoms with Gasteiger partial charge in [-0.25, -0.2) is 9.07 Å². The number of aromatic nitrogens is 3. The van der Waals surface area contributed by atoms with E-state index in [4.69, 9.17) is 11.6 Å².